The van der Waals surface area contributed by atoms with Gasteiger partial charge in [-0.25, -0.2) is 0 Å². The molecule has 0 fully saturated rings. The van der Waals surface area contributed by atoms with E-state index in [9.17, 15) is 15.0 Å². The average molecular weight is 268 g/mol. The Bertz CT molecular complexity index is 460. The van der Waals surface area contributed by atoms with E-state index < -0.39 is 12.0 Å². The van der Waals surface area contributed by atoms with Crippen molar-refractivity contribution in [2.24, 2.45) is 11.5 Å². The van der Waals surface area contributed by atoms with Gasteiger partial charge in [-0.3, -0.25) is 4.79 Å². The van der Waals surface area contributed by atoms with Gasteiger partial charge in [0, 0.05) is 6.04 Å². The van der Waals surface area contributed by atoms with Gasteiger partial charge in [-0.05, 0) is 43.4 Å². The third-order valence-electron chi connectivity index (χ3n) is 2.87. The molecule has 6 nitrogen and oxygen atoms in total. The van der Waals surface area contributed by atoms with Gasteiger partial charge in [-0.2, -0.15) is 0 Å². The number of carboxylic acid groups (broad SMARTS) is 1. The number of rotatable bonds is 6. The van der Waals surface area contributed by atoms with Crippen LogP contribution in [0.25, 0.3) is 0 Å². The number of benzene rings is 1. The van der Waals surface area contributed by atoms with Crippen LogP contribution in [0.3, 0.4) is 0 Å². The van der Waals surface area contributed by atoms with Gasteiger partial charge in [0.1, 0.15) is 6.04 Å². The largest absolute Gasteiger partial charge is 0.504 e. The van der Waals surface area contributed by atoms with Crippen LogP contribution in [0.5, 0.6) is 11.5 Å². The first-order chi connectivity index (χ1) is 8.81. The van der Waals surface area contributed by atoms with E-state index >= 15 is 0 Å². The summed E-state index contributed by atoms with van der Waals surface area (Å²) in [4.78, 5) is 10.7. The highest BCUT2D eigenvalue weighted by Crippen LogP contribution is 2.31. The van der Waals surface area contributed by atoms with E-state index in [0.717, 1.165) is 0 Å². The monoisotopic (exact) mass is 268 g/mol. The lowest BCUT2D eigenvalue weighted by Gasteiger charge is -2.12. The quantitative estimate of drug-likeness (QED) is 0.473. The smallest absolute Gasteiger partial charge is 0.320 e. The van der Waals surface area contributed by atoms with Gasteiger partial charge in [0.2, 0.25) is 0 Å². The highest BCUT2D eigenvalue weighted by molar-refractivity contribution is 5.73. The topological polar surface area (TPSA) is 130 Å². The van der Waals surface area contributed by atoms with Crippen LogP contribution in [-0.4, -0.2) is 33.4 Å². The number of nitrogens with two attached hydrogens (primary N) is 2. The van der Waals surface area contributed by atoms with E-state index in [0.29, 0.717) is 24.0 Å². The molecule has 0 bridgehead atoms. The van der Waals surface area contributed by atoms with Crippen LogP contribution < -0.4 is 11.5 Å². The van der Waals surface area contributed by atoms with Gasteiger partial charge in [0.05, 0.1) is 0 Å². The minimum atomic E-state index is -1.11. The molecular weight excluding hydrogens is 248 g/mol. The molecule has 0 aromatic heterocycles. The Labute approximate surface area is 111 Å². The summed E-state index contributed by atoms with van der Waals surface area (Å²) in [5, 5.41) is 28.1. The van der Waals surface area contributed by atoms with Gasteiger partial charge >= 0.3 is 5.97 Å². The van der Waals surface area contributed by atoms with E-state index in [4.69, 9.17) is 16.6 Å². The lowest BCUT2D eigenvalue weighted by atomic mass is 9.99. The fourth-order valence-corrected chi connectivity index (χ4v) is 1.78. The number of aromatic hydroxyl groups is 2. The predicted octanol–water partition coefficient (Wildman–Crippen LogP) is 0.332. The summed E-state index contributed by atoms with van der Waals surface area (Å²) in [7, 11) is 0. The standard InChI is InChI=1S/C13H20N2O4/c1-7(14)2-3-9-4-8(5-10(15)13(18)19)6-11(16)12(9)17/h4,6-7,10,16-17H,2-3,5,14-15H2,1H3,(H,18,19). The van der Waals surface area contributed by atoms with Crippen molar-refractivity contribution < 1.29 is 20.1 Å². The summed E-state index contributed by atoms with van der Waals surface area (Å²) < 4.78 is 0. The molecule has 0 spiro atoms. The summed E-state index contributed by atoms with van der Waals surface area (Å²) in [6.07, 6.45) is 1.25. The maximum absolute atomic E-state index is 10.7. The van der Waals surface area contributed by atoms with Crippen LogP contribution in [0.15, 0.2) is 12.1 Å². The molecule has 1 aromatic rings. The van der Waals surface area contributed by atoms with E-state index in [-0.39, 0.29) is 24.0 Å². The number of hydrogen-bond acceptors (Lipinski definition) is 5. The van der Waals surface area contributed by atoms with Gasteiger partial charge in [-0.15, -0.1) is 0 Å². The molecule has 2 atom stereocenters. The maximum atomic E-state index is 10.7. The fraction of sp³-hybridized carbons (Fsp3) is 0.462. The molecule has 0 aliphatic carbocycles. The molecule has 0 aliphatic rings. The number of phenolic OH excluding ortho intramolecular Hbond substituents is 2. The van der Waals surface area contributed by atoms with Gasteiger partial charge in [-0.1, -0.05) is 6.07 Å². The molecule has 1 aromatic carbocycles. The molecule has 0 radical (unpaired) electrons. The molecular formula is C13H20N2O4. The van der Waals surface area contributed by atoms with Crippen molar-refractivity contribution >= 4 is 5.97 Å². The summed E-state index contributed by atoms with van der Waals surface area (Å²) >= 11 is 0. The number of phenols is 2. The second-order valence-electron chi connectivity index (χ2n) is 4.79. The zero-order chi connectivity index (χ0) is 14.6. The Hall–Kier alpha value is -1.79. The average Bonchev–Trinajstić information content (AvgIpc) is 2.31. The lowest BCUT2D eigenvalue weighted by Crippen LogP contribution is -2.32. The highest BCUT2D eigenvalue weighted by atomic mass is 16.4. The van der Waals surface area contributed by atoms with Gasteiger partial charge < -0.3 is 26.8 Å². The van der Waals surface area contributed by atoms with E-state index in [1.165, 1.54) is 6.07 Å². The Morgan fingerprint density at radius 3 is 2.47 bits per heavy atom. The van der Waals surface area contributed by atoms with Crippen LogP contribution in [0.4, 0.5) is 0 Å². The molecule has 6 heteroatoms. The summed E-state index contributed by atoms with van der Waals surface area (Å²) in [5.74, 6) is -1.56. The van der Waals surface area contributed by atoms with Crippen molar-refractivity contribution in [3.63, 3.8) is 0 Å². The van der Waals surface area contributed by atoms with Gasteiger partial charge in [0.15, 0.2) is 11.5 Å². The van der Waals surface area contributed by atoms with Crippen molar-refractivity contribution in [3.05, 3.63) is 23.3 Å². The first kappa shape index (κ1) is 15.3. The van der Waals surface area contributed by atoms with E-state index in [2.05, 4.69) is 0 Å². The number of hydrogen-bond donors (Lipinski definition) is 5. The van der Waals surface area contributed by atoms with Gasteiger partial charge in [0.25, 0.3) is 0 Å². The molecule has 2 unspecified atom stereocenters. The minimum absolute atomic E-state index is 0.0218. The van der Waals surface area contributed by atoms with Crippen molar-refractivity contribution in [1.82, 2.24) is 0 Å². The van der Waals surface area contributed by atoms with Crippen LogP contribution in [0, 0.1) is 0 Å². The summed E-state index contributed by atoms with van der Waals surface area (Å²) in [5.41, 5.74) is 12.2. The third kappa shape index (κ3) is 4.42. The highest BCUT2D eigenvalue weighted by Gasteiger charge is 2.15. The van der Waals surface area contributed by atoms with Crippen molar-refractivity contribution in [1.29, 1.82) is 0 Å². The maximum Gasteiger partial charge on any atom is 0.320 e. The van der Waals surface area contributed by atoms with Crippen molar-refractivity contribution in [3.8, 4) is 11.5 Å². The summed E-state index contributed by atoms with van der Waals surface area (Å²) in [6, 6.07) is 1.92. The Kier molecular flexibility index (Phi) is 5.14. The number of carbonyl (C=O) groups is 1. The molecule has 0 aliphatic heterocycles. The van der Waals surface area contributed by atoms with Crippen LogP contribution in [-0.2, 0) is 17.6 Å². The Balaban J connectivity index is 2.92. The normalized spacial score (nSPS) is 14.1. The molecule has 1 rings (SSSR count). The fourth-order valence-electron chi connectivity index (χ4n) is 1.78. The number of carboxylic acids is 1. The first-order valence-electron chi connectivity index (χ1n) is 6.09. The molecule has 0 saturated carbocycles. The summed E-state index contributed by atoms with van der Waals surface area (Å²) in [6.45, 7) is 1.85. The molecule has 106 valence electrons. The van der Waals surface area contributed by atoms with Crippen molar-refractivity contribution in [2.45, 2.75) is 38.3 Å². The minimum Gasteiger partial charge on any atom is -0.504 e. The van der Waals surface area contributed by atoms with Crippen LogP contribution >= 0.6 is 0 Å². The zero-order valence-electron chi connectivity index (χ0n) is 10.8. The Morgan fingerprint density at radius 2 is 1.95 bits per heavy atom. The van der Waals surface area contributed by atoms with Crippen LogP contribution in [0.1, 0.15) is 24.5 Å². The Morgan fingerprint density at radius 1 is 1.32 bits per heavy atom. The molecule has 0 saturated heterocycles. The number of aryl methyl sites for hydroxylation is 1. The molecule has 7 N–H and O–H groups in total. The first-order valence-corrected chi connectivity index (χ1v) is 6.09. The second kappa shape index (κ2) is 6.40. The predicted molar refractivity (Wildman–Crippen MR) is 71.1 cm³/mol. The molecule has 19 heavy (non-hydrogen) atoms. The molecule has 0 amide bonds. The lowest BCUT2D eigenvalue weighted by molar-refractivity contribution is -0.138. The van der Waals surface area contributed by atoms with Crippen LogP contribution in [0.2, 0.25) is 0 Å². The SMILES string of the molecule is CC(N)CCc1cc(CC(N)C(=O)O)cc(O)c1O. The zero-order valence-corrected chi connectivity index (χ0v) is 10.8. The molecule has 0 heterocycles. The van der Waals surface area contributed by atoms with E-state index in [1.807, 2.05) is 6.92 Å². The number of aliphatic carboxylic acids is 1. The third-order valence-corrected chi connectivity index (χ3v) is 2.87. The van der Waals surface area contributed by atoms with Crippen molar-refractivity contribution in [2.75, 3.05) is 0 Å². The second-order valence-corrected chi connectivity index (χ2v) is 4.79. The van der Waals surface area contributed by atoms with E-state index in [1.54, 1.807) is 6.07 Å².